The number of fused-ring (bicyclic) bond motifs is 6. The fourth-order valence-electron chi connectivity index (χ4n) is 12.3. The van der Waals surface area contributed by atoms with Crippen molar-refractivity contribution in [1.82, 2.24) is 0 Å². The molecule has 78 heavy (non-hydrogen) atoms. The Morgan fingerprint density at radius 2 is 0.731 bits per heavy atom. The van der Waals surface area contributed by atoms with Crippen LogP contribution in [0.15, 0.2) is 218 Å². The summed E-state index contributed by atoms with van der Waals surface area (Å²) in [6, 6.07) is 83.7. The first-order valence-electron chi connectivity index (χ1n) is 27.9. The zero-order valence-corrected chi connectivity index (χ0v) is 48.4. The Kier molecular flexibility index (Phi) is 12.3. The second-order valence-corrected chi connectivity index (χ2v) is 26.9. The van der Waals surface area contributed by atoms with E-state index in [1.807, 2.05) is 11.3 Å². The molecule has 1 heterocycles. The molecular formula is C75H72N2S. The number of benzene rings is 10. The molecule has 2 nitrogen and oxygen atoms in total. The molecule has 1 aliphatic rings. The van der Waals surface area contributed by atoms with Crippen LogP contribution in [0, 0.1) is 0 Å². The third-order valence-corrected chi connectivity index (χ3v) is 17.8. The Hall–Kier alpha value is -7.72. The monoisotopic (exact) mass is 1030 g/mol. The van der Waals surface area contributed by atoms with Crippen LogP contribution in [0.4, 0.5) is 34.1 Å². The van der Waals surface area contributed by atoms with Crippen LogP contribution in [-0.2, 0) is 27.1 Å². The van der Waals surface area contributed by atoms with Gasteiger partial charge in [0.2, 0.25) is 0 Å². The maximum absolute atomic E-state index is 2.60. The molecular weight excluding hydrogens is 961 g/mol. The average Bonchev–Trinajstić information content (AvgIpc) is 2.97. The van der Waals surface area contributed by atoms with Crippen molar-refractivity contribution in [2.45, 2.75) is 110 Å². The van der Waals surface area contributed by atoms with E-state index in [9.17, 15) is 0 Å². The summed E-state index contributed by atoms with van der Waals surface area (Å²) in [6.07, 6.45) is 0. The minimum absolute atomic E-state index is 0.00437. The van der Waals surface area contributed by atoms with E-state index in [0.717, 1.165) is 28.4 Å². The predicted octanol–water partition coefficient (Wildman–Crippen LogP) is 21.7. The molecule has 0 unspecified atom stereocenters. The smallest absolute Gasteiger partial charge is 0.0715 e. The van der Waals surface area contributed by atoms with E-state index < -0.39 is 5.41 Å². The normalized spacial score (nSPS) is 13.5. The Morgan fingerprint density at radius 3 is 1.17 bits per heavy atom. The van der Waals surface area contributed by atoms with Crippen molar-refractivity contribution in [3.63, 3.8) is 0 Å². The summed E-state index contributed by atoms with van der Waals surface area (Å²) in [7, 11) is 0. The fraction of sp³-hybridized carbons (Fsp3) is 0.227. The van der Waals surface area contributed by atoms with Crippen LogP contribution in [-0.4, -0.2) is 0 Å². The van der Waals surface area contributed by atoms with Gasteiger partial charge in [-0.2, -0.15) is 0 Å². The van der Waals surface area contributed by atoms with E-state index in [-0.39, 0.29) is 21.7 Å². The van der Waals surface area contributed by atoms with Gasteiger partial charge in [0.25, 0.3) is 0 Å². The van der Waals surface area contributed by atoms with Crippen LogP contribution in [0.1, 0.15) is 128 Å². The van der Waals surface area contributed by atoms with Gasteiger partial charge in [0.05, 0.1) is 16.8 Å². The van der Waals surface area contributed by atoms with Gasteiger partial charge in [0, 0.05) is 53.9 Å². The highest BCUT2D eigenvalue weighted by molar-refractivity contribution is 7.26. The van der Waals surface area contributed by atoms with Crippen LogP contribution >= 0.6 is 11.3 Å². The molecule has 12 rings (SSSR count). The Labute approximate surface area is 467 Å². The number of anilines is 6. The zero-order chi connectivity index (χ0) is 54.5. The lowest BCUT2D eigenvalue weighted by molar-refractivity contribution is 0.590. The molecule has 0 saturated heterocycles. The first kappa shape index (κ1) is 51.1. The van der Waals surface area contributed by atoms with Gasteiger partial charge in [-0.05, 0) is 144 Å². The average molecular weight is 1030 g/mol. The topological polar surface area (TPSA) is 6.48 Å². The van der Waals surface area contributed by atoms with E-state index in [2.05, 4.69) is 311 Å². The molecule has 0 N–H and O–H groups in total. The van der Waals surface area contributed by atoms with Gasteiger partial charge in [-0.1, -0.05) is 235 Å². The lowest BCUT2D eigenvalue weighted by Crippen LogP contribution is -2.34. The molecule has 388 valence electrons. The summed E-state index contributed by atoms with van der Waals surface area (Å²) in [6.45, 7) is 27.6. The van der Waals surface area contributed by atoms with Crippen molar-refractivity contribution >= 4 is 76.4 Å². The Bertz CT molecular complexity index is 3850. The molecule has 0 amide bonds. The van der Waals surface area contributed by atoms with Gasteiger partial charge < -0.3 is 9.80 Å². The zero-order valence-electron chi connectivity index (χ0n) is 47.6. The van der Waals surface area contributed by atoms with Crippen LogP contribution in [0.25, 0.3) is 42.1 Å². The van der Waals surface area contributed by atoms with Crippen LogP contribution < -0.4 is 9.80 Å². The summed E-state index contributed by atoms with van der Waals surface area (Å²) >= 11 is 1.93. The maximum Gasteiger partial charge on any atom is 0.0715 e. The number of nitrogens with zero attached hydrogens (tertiary/aromatic N) is 2. The van der Waals surface area contributed by atoms with Crippen molar-refractivity contribution in [2.24, 2.45) is 0 Å². The molecule has 0 spiro atoms. The molecule has 0 bridgehead atoms. The van der Waals surface area contributed by atoms with E-state index in [0.29, 0.717) is 0 Å². The first-order valence-corrected chi connectivity index (χ1v) is 28.7. The highest BCUT2D eigenvalue weighted by Crippen LogP contribution is 2.62. The third kappa shape index (κ3) is 8.54. The number of rotatable bonds is 8. The van der Waals surface area contributed by atoms with Crippen LogP contribution in [0.5, 0.6) is 0 Å². The SMILES string of the molecule is CC(C)(C)c1ccc(N(c2ccc(C(C)(C)C)cc2)c2ccc3c4c(cccc24)C(c2ccccc2)(c2ccccc2)c2cc(N(c4ccc(C(C)(C)C)cc4)c4ccc(C(C)(C)C)cc4)c4c(sc5ccccc54)c2-3)cc1. The summed E-state index contributed by atoms with van der Waals surface area (Å²) in [5.74, 6) is 0. The summed E-state index contributed by atoms with van der Waals surface area (Å²) in [5.41, 5.74) is 18.9. The molecule has 0 atom stereocenters. The highest BCUT2D eigenvalue weighted by atomic mass is 32.1. The largest absolute Gasteiger partial charge is 0.310 e. The lowest BCUT2D eigenvalue weighted by Gasteiger charge is -2.43. The molecule has 0 saturated carbocycles. The van der Waals surface area contributed by atoms with Crippen molar-refractivity contribution in [3.8, 4) is 11.1 Å². The third-order valence-electron chi connectivity index (χ3n) is 16.6. The van der Waals surface area contributed by atoms with E-state index in [1.54, 1.807) is 0 Å². The fourth-order valence-corrected chi connectivity index (χ4v) is 13.6. The van der Waals surface area contributed by atoms with E-state index >= 15 is 0 Å². The van der Waals surface area contributed by atoms with E-state index in [4.69, 9.17) is 0 Å². The molecule has 1 aliphatic carbocycles. The summed E-state index contributed by atoms with van der Waals surface area (Å²) in [4.78, 5) is 5.05. The van der Waals surface area contributed by atoms with Gasteiger partial charge in [-0.3, -0.25) is 0 Å². The number of hydrogen-bond acceptors (Lipinski definition) is 3. The Morgan fingerprint density at radius 1 is 0.333 bits per heavy atom. The number of thiophene rings is 1. The molecule has 0 radical (unpaired) electrons. The van der Waals surface area contributed by atoms with Crippen LogP contribution in [0.2, 0.25) is 0 Å². The van der Waals surface area contributed by atoms with Crippen LogP contribution in [0.3, 0.4) is 0 Å². The Balaban J connectivity index is 1.23. The summed E-state index contributed by atoms with van der Waals surface area (Å²) in [5, 5.41) is 5.01. The second kappa shape index (κ2) is 18.7. The molecule has 11 aromatic rings. The minimum Gasteiger partial charge on any atom is -0.310 e. The van der Waals surface area contributed by atoms with Gasteiger partial charge in [-0.15, -0.1) is 11.3 Å². The van der Waals surface area contributed by atoms with Crippen molar-refractivity contribution in [1.29, 1.82) is 0 Å². The minimum atomic E-state index is -0.743. The maximum atomic E-state index is 2.60. The van der Waals surface area contributed by atoms with Gasteiger partial charge in [-0.25, -0.2) is 0 Å². The van der Waals surface area contributed by atoms with Gasteiger partial charge >= 0.3 is 0 Å². The highest BCUT2D eigenvalue weighted by Gasteiger charge is 2.46. The standard InChI is InChI=1S/C75H72N2S/c1-71(2,3)49-30-38-55(39-31-49)76(56-40-32-50(33-41-56)72(4,5)6)64-47-46-61-67-59(64)27-21-28-62(67)75(53-22-15-13-16-23-53,54-24-17-14-18-25-54)63-48-65(69-60-26-19-20-29-66(60)78-70(69)68(61)63)77(57-42-34-51(35-43-57)73(7,8)9)58-44-36-52(37-45-58)74(10,11)12/h13-48H,1-12H3. The number of hydrogen-bond donors (Lipinski definition) is 0. The van der Waals surface area contributed by atoms with Crippen molar-refractivity contribution in [2.75, 3.05) is 9.80 Å². The van der Waals surface area contributed by atoms with Crippen molar-refractivity contribution < 1.29 is 0 Å². The molecule has 10 aromatic carbocycles. The van der Waals surface area contributed by atoms with E-state index in [1.165, 1.54) is 92.3 Å². The van der Waals surface area contributed by atoms with Crippen molar-refractivity contribution in [3.05, 3.63) is 263 Å². The van der Waals surface area contributed by atoms with Gasteiger partial charge in [0.1, 0.15) is 0 Å². The quantitative estimate of drug-likeness (QED) is 0.150. The summed E-state index contributed by atoms with van der Waals surface area (Å²) < 4.78 is 2.56. The molecule has 1 aromatic heterocycles. The second-order valence-electron chi connectivity index (χ2n) is 25.8. The molecule has 0 aliphatic heterocycles. The molecule has 3 heteroatoms. The molecule has 0 fully saturated rings. The lowest BCUT2D eigenvalue weighted by atomic mass is 9.59. The van der Waals surface area contributed by atoms with Gasteiger partial charge in [0.15, 0.2) is 0 Å². The predicted molar refractivity (Wildman–Crippen MR) is 338 cm³/mol. The first-order chi connectivity index (χ1) is 37.2.